The minimum absolute atomic E-state index is 0.377. The molecule has 0 aliphatic carbocycles. The third-order valence-corrected chi connectivity index (χ3v) is 2.37. The van der Waals surface area contributed by atoms with Crippen LogP contribution in [0.1, 0.15) is 20.3 Å². The van der Waals surface area contributed by atoms with Crippen LogP contribution >= 0.6 is 0 Å². The first kappa shape index (κ1) is 15.7. The normalized spacial score (nSPS) is 14.2. The van der Waals surface area contributed by atoms with Crippen molar-refractivity contribution in [3.05, 3.63) is 12.3 Å². The lowest BCUT2D eigenvalue weighted by Crippen LogP contribution is -2.43. The lowest BCUT2D eigenvalue weighted by Gasteiger charge is -2.27. The van der Waals surface area contributed by atoms with Crippen molar-refractivity contribution in [1.29, 1.82) is 0 Å². The molecule has 0 radical (unpaired) electrons. The summed E-state index contributed by atoms with van der Waals surface area (Å²) in [7, 11) is 3.84. The highest BCUT2D eigenvalue weighted by Gasteiger charge is 2.21. The predicted octanol–water partition coefficient (Wildman–Crippen LogP) is 0.990. The van der Waals surface area contributed by atoms with E-state index in [1.807, 2.05) is 25.9 Å². The molecule has 0 amide bonds. The van der Waals surface area contributed by atoms with Crippen LogP contribution in [0.15, 0.2) is 12.3 Å². The Kier molecular flexibility index (Phi) is 5.98. The molecule has 0 saturated heterocycles. The predicted molar refractivity (Wildman–Crippen MR) is 75.5 cm³/mol. The third-order valence-electron chi connectivity index (χ3n) is 2.37. The van der Waals surface area contributed by atoms with Gasteiger partial charge < -0.3 is 20.1 Å². The molecule has 1 unspecified atom stereocenters. The van der Waals surface area contributed by atoms with Crippen molar-refractivity contribution in [2.45, 2.75) is 25.9 Å². The molecule has 0 bridgehead atoms. The van der Waals surface area contributed by atoms with Crippen LogP contribution in [0.4, 0.5) is 5.95 Å². The number of likely N-dealkylation sites (N-methyl/N-ethyl adjacent to an activating group) is 1. The smallest absolute Gasteiger partial charge is 0.226 e. The largest absolute Gasteiger partial charge is 0.478 e. The van der Waals surface area contributed by atoms with Gasteiger partial charge in [-0.2, -0.15) is 4.98 Å². The number of anilines is 1. The summed E-state index contributed by atoms with van der Waals surface area (Å²) >= 11 is 0. The molecule has 6 nitrogen and oxygen atoms in total. The Morgan fingerprint density at radius 1 is 1.47 bits per heavy atom. The standard InChI is InChI=1S/C13H24N4O2/c1-5-8-19-11-6-7-14-12(16-11)15-9-13(2,18)10-17(3)4/h6-7,18H,5,8-10H2,1-4H3,(H,14,15,16). The highest BCUT2D eigenvalue weighted by atomic mass is 16.5. The van der Waals surface area contributed by atoms with E-state index in [9.17, 15) is 5.11 Å². The lowest BCUT2D eigenvalue weighted by molar-refractivity contribution is 0.0458. The number of aromatic nitrogens is 2. The summed E-state index contributed by atoms with van der Waals surface area (Å²) in [4.78, 5) is 10.3. The molecule has 19 heavy (non-hydrogen) atoms. The van der Waals surface area contributed by atoms with Gasteiger partial charge in [0.1, 0.15) is 0 Å². The second-order valence-electron chi connectivity index (χ2n) is 5.16. The fraction of sp³-hybridized carbons (Fsp3) is 0.692. The molecule has 1 aromatic rings. The van der Waals surface area contributed by atoms with E-state index in [0.29, 0.717) is 31.5 Å². The molecule has 1 aromatic heterocycles. The number of aliphatic hydroxyl groups is 1. The van der Waals surface area contributed by atoms with E-state index in [4.69, 9.17) is 4.74 Å². The first-order valence-electron chi connectivity index (χ1n) is 6.50. The molecular weight excluding hydrogens is 244 g/mol. The van der Waals surface area contributed by atoms with Gasteiger partial charge in [-0.05, 0) is 27.4 Å². The van der Waals surface area contributed by atoms with Crippen LogP contribution in [0.3, 0.4) is 0 Å². The van der Waals surface area contributed by atoms with Crippen molar-refractivity contribution in [3.8, 4) is 5.88 Å². The van der Waals surface area contributed by atoms with Gasteiger partial charge in [0, 0.05) is 25.4 Å². The summed E-state index contributed by atoms with van der Waals surface area (Å²) in [6.45, 7) is 5.39. The Bertz CT molecular complexity index is 383. The Morgan fingerprint density at radius 2 is 2.21 bits per heavy atom. The fourth-order valence-electron chi connectivity index (χ4n) is 1.72. The van der Waals surface area contributed by atoms with Gasteiger partial charge in [-0.15, -0.1) is 0 Å². The number of nitrogens with zero attached hydrogens (tertiary/aromatic N) is 3. The molecule has 6 heteroatoms. The molecule has 108 valence electrons. The average Bonchev–Trinajstić information content (AvgIpc) is 2.33. The summed E-state index contributed by atoms with van der Waals surface area (Å²) < 4.78 is 5.43. The first-order chi connectivity index (χ1) is 8.93. The van der Waals surface area contributed by atoms with Crippen molar-refractivity contribution in [2.24, 2.45) is 0 Å². The van der Waals surface area contributed by atoms with Crippen LogP contribution in [0.2, 0.25) is 0 Å². The van der Waals surface area contributed by atoms with E-state index in [2.05, 4.69) is 15.3 Å². The highest BCUT2D eigenvalue weighted by molar-refractivity contribution is 5.28. The Labute approximate surface area is 114 Å². The molecule has 0 fully saturated rings. The molecule has 1 rings (SSSR count). The molecular formula is C13H24N4O2. The average molecular weight is 268 g/mol. The fourth-order valence-corrected chi connectivity index (χ4v) is 1.72. The quantitative estimate of drug-likeness (QED) is 0.732. The van der Waals surface area contributed by atoms with Gasteiger partial charge >= 0.3 is 0 Å². The molecule has 0 saturated carbocycles. The molecule has 2 N–H and O–H groups in total. The van der Waals surface area contributed by atoms with Gasteiger partial charge in [0.2, 0.25) is 11.8 Å². The molecule has 0 aliphatic rings. The van der Waals surface area contributed by atoms with Crippen LogP contribution in [0.5, 0.6) is 5.88 Å². The maximum absolute atomic E-state index is 10.2. The number of ether oxygens (including phenoxy) is 1. The maximum Gasteiger partial charge on any atom is 0.226 e. The van der Waals surface area contributed by atoms with E-state index < -0.39 is 5.60 Å². The zero-order chi connectivity index (χ0) is 14.3. The number of rotatable bonds is 8. The highest BCUT2D eigenvalue weighted by Crippen LogP contribution is 2.10. The topological polar surface area (TPSA) is 70.5 Å². The Morgan fingerprint density at radius 3 is 2.84 bits per heavy atom. The third kappa shape index (κ3) is 6.35. The SMILES string of the molecule is CCCOc1ccnc(NCC(C)(O)CN(C)C)n1. The van der Waals surface area contributed by atoms with Gasteiger partial charge in [0.25, 0.3) is 0 Å². The van der Waals surface area contributed by atoms with Gasteiger partial charge in [-0.1, -0.05) is 6.92 Å². The number of hydrogen-bond donors (Lipinski definition) is 2. The summed E-state index contributed by atoms with van der Waals surface area (Å²) in [5.74, 6) is 1.01. The molecule has 0 spiro atoms. The van der Waals surface area contributed by atoms with E-state index in [1.54, 1.807) is 19.2 Å². The summed E-state index contributed by atoms with van der Waals surface area (Å²) in [5, 5.41) is 13.2. The molecule has 1 atom stereocenters. The van der Waals surface area contributed by atoms with Crippen molar-refractivity contribution < 1.29 is 9.84 Å². The van der Waals surface area contributed by atoms with E-state index in [-0.39, 0.29) is 0 Å². The van der Waals surface area contributed by atoms with Crippen LogP contribution < -0.4 is 10.1 Å². The second kappa shape index (κ2) is 7.25. The van der Waals surface area contributed by atoms with Crippen LogP contribution in [-0.2, 0) is 0 Å². The summed E-state index contributed by atoms with van der Waals surface area (Å²) in [6, 6.07) is 1.72. The van der Waals surface area contributed by atoms with Crippen LogP contribution in [0, 0.1) is 0 Å². The second-order valence-corrected chi connectivity index (χ2v) is 5.16. The zero-order valence-electron chi connectivity index (χ0n) is 12.2. The maximum atomic E-state index is 10.2. The minimum atomic E-state index is -0.840. The van der Waals surface area contributed by atoms with Crippen molar-refractivity contribution in [2.75, 3.05) is 39.1 Å². The first-order valence-corrected chi connectivity index (χ1v) is 6.50. The minimum Gasteiger partial charge on any atom is -0.478 e. The number of nitrogens with one attached hydrogen (secondary N) is 1. The Balaban J connectivity index is 2.52. The summed E-state index contributed by atoms with van der Waals surface area (Å²) in [5.41, 5.74) is -0.840. The molecule has 1 heterocycles. The van der Waals surface area contributed by atoms with Gasteiger partial charge in [0.15, 0.2) is 0 Å². The van der Waals surface area contributed by atoms with Crippen molar-refractivity contribution in [1.82, 2.24) is 14.9 Å². The van der Waals surface area contributed by atoms with E-state index in [0.717, 1.165) is 6.42 Å². The van der Waals surface area contributed by atoms with Crippen LogP contribution in [-0.4, -0.2) is 59.4 Å². The van der Waals surface area contributed by atoms with Gasteiger partial charge in [-0.25, -0.2) is 4.98 Å². The van der Waals surface area contributed by atoms with Crippen molar-refractivity contribution >= 4 is 5.95 Å². The summed E-state index contributed by atoms with van der Waals surface area (Å²) in [6.07, 6.45) is 2.57. The van der Waals surface area contributed by atoms with E-state index in [1.165, 1.54) is 0 Å². The molecule has 0 aromatic carbocycles. The van der Waals surface area contributed by atoms with E-state index >= 15 is 0 Å². The Hall–Kier alpha value is -1.40. The monoisotopic (exact) mass is 268 g/mol. The number of hydrogen-bond acceptors (Lipinski definition) is 6. The molecule has 0 aliphatic heterocycles. The van der Waals surface area contributed by atoms with Crippen LogP contribution in [0.25, 0.3) is 0 Å². The van der Waals surface area contributed by atoms with Gasteiger partial charge in [-0.3, -0.25) is 0 Å². The van der Waals surface area contributed by atoms with Crippen molar-refractivity contribution in [3.63, 3.8) is 0 Å². The zero-order valence-corrected chi connectivity index (χ0v) is 12.2. The van der Waals surface area contributed by atoms with Gasteiger partial charge in [0.05, 0.1) is 12.2 Å². The lowest BCUT2D eigenvalue weighted by atomic mass is 10.1.